The Bertz CT molecular complexity index is 352. The van der Waals surface area contributed by atoms with Crippen LogP contribution in [0.1, 0.15) is 38.5 Å². The quantitative estimate of drug-likeness (QED) is 0.371. The third-order valence-electron chi connectivity index (χ3n) is 2.77. The maximum Gasteiger partial charge on any atom is 2.00 e. The normalized spacial score (nSPS) is 13.5. The fourth-order valence-electron chi connectivity index (χ4n) is 1.76. The van der Waals surface area contributed by atoms with Crippen LogP contribution in [0.3, 0.4) is 0 Å². The first-order chi connectivity index (χ1) is 8.86. The van der Waals surface area contributed by atoms with Gasteiger partial charge in [-0.05, 0) is 12.8 Å². The van der Waals surface area contributed by atoms with Gasteiger partial charge in [-0.25, -0.2) is 23.3 Å². The summed E-state index contributed by atoms with van der Waals surface area (Å²) in [6.07, 6.45) is 25.3. The standard InChI is InChI=1S/2C9H11.2ClH.Zr/c2*1-2-3-6-9-7-4-5-8-9;;;/h2*2,4,7H,1,3,5-6H2;2*1H;/q2*-1;;;+2. The molecule has 0 heterocycles. The molecule has 2 rings (SSSR count). The van der Waals surface area contributed by atoms with Gasteiger partial charge in [0.05, 0.1) is 0 Å². The van der Waals surface area contributed by atoms with Gasteiger partial charge in [-0.15, -0.1) is 50.8 Å². The van der Waals surface area contributed by atoms with Gasteiger partial charge < -0.3 is 0 Å². The monoisotopic (exact) mass is 400 g/mol. The Balaban J connectivity index is -0.000000270. The average molecular weight is 403 g/mol. The van der Waals surface area contributed by atoms with Crippen molar-refractivity contribution in [3.05, 3.63) is 72.9 Å². The van der Waals surface area contributed by atoms with E-state index in [1.54, 1.807) is 0 Å². The molecule has 0 atom stereocenters. The Hall–Kier alpha value is -0.0969. The van der Waals surface area contributed by atoms with Crippen LogP contribution >= 0.6 is 24.8 Å². The summed E-state index contributed by atoms with van der Waals surface area (Å²) in [7, 11) is 0. The summed E-state index contributed by atoms with van der Waals surface area (Å²) < 4.78 is 0. The van der Waals surface area contributed by atoms with Crippen molar-refractivity contribution in [1.82, 2.24) is 0 Å². The summed E-state index contributed by atoms with van der Waals surface area (Å²) in [5.41, 5.74) is 2.69. The number of hydrogen-bond acceptors (Lipinski definition) is 0. The van der Waals surface area contributed by atoms with Gasteiger partial charge in [0, 0.05) is 0 Å². The van der Waals surface area contributed by atoms with Crippen LogP contribution in [0.25, 0.3) is 0 Å². The topological polar surface area (TPSA) is 0 Å². The third-order valence-corrected chi connectivity index (χ3v) is 2.77. The van der Waals surface area contributed by atoms with E-state index in [2.05, 4.69) is 49.6 Å². The van der Waals surface area contributed by atoms with Crippen LogP contribution < -0.4 is 0 Å². The van der Waals surface area contributed by atoms with Crippen molar-refractivity contribution < 1.29 is 26.2 Å². The Morgan fingerprint density at radius 1 is 0.857 bits per heavy atom. The minimum absolute atomic E-state index is 0. The fourth-order valence-corrected chi connectivity index (χ4v) is 1.76. The van der Waals surface area contributed by atoms with Crippen LogP contribution in [-0.4, -0.2) is 0 Å². The molecule has 0 aromatic rings. The van der Waals surface area contributed by atoms with Gasteiger partial charge in [-0.3, -0.25) is 12.2 Å². The predicted octanol–water partition coefficient (Wildman–Crippen LogP) is 6.13. The molecule has 21 heavy (non-hydrogen) atoms. The first-order valence-electron chi connectivity index (χ1n) is 6.61. The molecule has 0 aromatic carbocycles. The summed E-state index contributed by atoms with van der Waals surface area (Å²) >= 11 is 0. The van der Waals surface area contributed by atoms with E-state index in [0.29, 0.717) is 0 Å². The molecule has 0 N–H and O–H groups in total. The van der Waals surface area contributed by atoms with Gasteiger partial charge in [0.1, 0.15) is 0 Å². The van der Waals surface area contributed by atoms with Crippen molar-refractivity contribution in [1.29, 1.82) is 0 Å². The van der Waals surface area contributed by atoms with E-state index in [-0.39, 0.29) is 51.0 Å². The van der Waals surface area contributed by atoms with Crippen molar-refractivity contribution >= 4 is 24.8 Å². The molecular formula is C18H24Cl2Zr. The van der Waals surface area contributed by atoms with Crippen molar-refractivity contribution in [2.75, 3.05) is 0 Å². The van der Waals surface area contributed by atoms with Gasteiger partial charge >= 0.3 is 26.2 Å². The maximum atomic E-state index is 3.66. The van der Waals surface area contributed by atoms with Crippen LogP contribution in [0, 0.1) is 12.2 Å². The second kappa shape index (κ2) is 18.0. The maximum absolute atomic E-state index is 3.66. The molecule has 114 valence electrons. The molecule has 0 bridgehead atoms. The van der Waals surface area contributed by atoms with E-state index in [0.717, 1.165) is 38.5 Å². The summed E-state index contributed by atoms with van der Waals surface area (Å²) in [6.45, 7) is 7.31. The molecular weight excluding hydrogens is 378 g/mol. The molecule has 0 saturated carbocycles. The van der Waals surface area contributed by atoms with Crippen LogP contribution in [0.2, 0.25) is 0 Å². The minimum Gasteiger partial charge on any atom is -0.269 e. The Kier molecular flexibility index (Phi) is 22.1. The van der Waals surface area contributed by atoms with E-state index in [1.165, 1.54) is 11.1 Å². The molecule has 3 heteroatoms. The largest absolute Gasteiger partial charge is 2.00 e. The summed E-state index contributed by atoms with van der Waals surface area (Å²) in [6, 6.07) is 0. The first kappa shape index (κ1) is 25.8. The smallest absolute Gasteiger partial charge is 0.269 e. The van der Waals surface area contributed by atoms with E-state index < -0.39 is 0 Å². The van der Waals surface area contributed by atoms with Crippen LogP contribution in [0.4, 0.5) is 0 Å². The van der Waals surface area contributed by atoms with Gasteiger partial charge in [0.15, 0.2) is 0 Å². The van der Waals surface area contributed by atoms with Crippen molar-refractivity contribution in [3.8, 4) is 0 Å². The number of halogens is 2. The molecule has 0 aliphatic heterocycles. The summed E-state index contributed by atoms with van der Waals surface area (Å²) in [5.74, 6) is 0. The second-order valence-electron chi connectivity index (χ2n) is 4.27. The van der Waals surface area contributed by atoms with E-state index in [1.807, 2.05) is 12.2 Å². The van der Waals surface area contributed by atoms with Crippen molar-refractivity contribution in [2.24, 2.45) is 0 Å². The minimum atomic E-state index is 0. The first-order valence-corrected chi connectivity index (χ1v) is 6.61. The van der Waals surface area contributed by atoms with Crippen molar-refractivity contribution in [2.45, 2.75) is 38.5 Å². The zero-order chi connectivity index (χ0) is 13.1. The molecule has 2 aliphatic rings. The third kappa shape index (κ3) is 13.3. The molecule has 0 amide bonds. The Labute approximate surface area is 161 Å². The Morgan fingerprint density at radius 3 is 1.48 bits per heavy atom. The van der Waals surface area contributed by atoms with Gasteiger partial charge in [-0.1, -0.05) is 25.0 Å². The van der Waals surface area contributed by atoms with E-state index in [9.17, 15) is 0 Å². The van der Waals surface area contributed by atoms with Crippen LogP contribution in [-0.2, 0) is 26.2 Å². The SMILES string of the molecule is C=CCCC1=[C-]CC=C1.C=CCCC1=[C-]CC=C1.Cl.Cl.[Zr+2]. The molecule has 0 radical (unpaired) electrons. The second-order valence-corrected chi connectivity index (χ2v) is 4.27. The van der Waals surface area contributed by atoms with E-state index >= 15 is 0 Å². The number of hydrogen-bond donors (Lipinski definition) is 0. The van der Waals surface area contributed by atoms with Crippen LogP contribution in [0.5, 0.6) is 0 Å². The van der Waals surface area contributed by atoms with Crippen molar-refractivity contribution in [3.63, 3.8) is 0 Å². The Morgan fingerprint density at radius 2 is 1.24 bits per heavy atom. The molecule has 0 nitrogen and oxygen atoms in total. The summed E-state index contributed by atoms with van der Waals surface area (Å²) in [4.78, 5) is 0. The molecule has 0 saturated heterocycles. The summed E-state index contributed by atoms with van der Waals surface area (Å²) in [5, 5.41) is 0. The molecule has 2 aliphatic carbocycles. The zero-order valence-electron chi connectivity index (χ0n) is 12.4. The number of rotatable bonds is 6. The van der Waals surface area contributed by atoms with Crippen LogP contribution in [0.15, 0.2) is 60.8 Å². The molecule has 0 aromatic heterocycles. The fraction of sp³-hybridized carbons (Fsp3) is 0.333. The zero-order valence-corrected chi connectivity index (χ0v) is 16.5. The average Bonchev–Trinajstić information content (AvgIpc) is 3.07. The van der Waals surface area contributed by atoms with Gasteiger partial charge in [-0.2, -0.15) is 12.2 Å². The number of allylic oxidation sites excluding steroid dienone is 10. The predicted molar refractivity (Wildman–Crippen MR) is 94.4 cm³/mol. The molecule has 0 spiro atoms. The van der Waals surface area contributed by atoms with Gasteiger partial charge in [0.25, 0.3) is 0 Å². The molecule has 0 fully saturated rings. The molecule has 0 unspecified atom stereocenters. The van der Waals surface area contributed by atoms with Gasteiger partial charge in [0.2, 0.25) is 0 Å². The van der Waals surface area contributed by atoms with E-state index in [4.69, 9.17) is 0 Å².